The van der Waals surface area contributed by atoms with Crippen LogP contribution in [-0.4, -0.2) is 76.7 Å². The molecule has 0 spiro atoms. The minimum atomic E-state index is -0.404. The van der Waals surface area contributed by atoms with Gasteiger partial charge in [0.2, 0.25) is 17.7 Å². The van der Waals surface area contributed by atoms with Gasteiger partial charge >= 0.3 is 0 Å². The lowest BCUT2D eigenvalue weighted by Gasteiger charge is -2.42. The third-order valence-corrected chi connectivity index (χ3v) is 8.68. The van der Waals surface area contributed by atoms with Crippen LogP contribution in [0.3, 0.4) is 0 Å². The van der Waals surface area contributed by atoms with E-state index < -0.39 is 6.04 Å². The molecule has 2 aliphatic heterocycles. The Balaban J connectivity index is 1.62. The zero-order chi connectivity index (χ0) is 29.2. The fourth-order valence-electron chi connectivity index (χ4n) is 6.39. The average Bonchev–Trinajstić information content (AvgIpc) is 2.93. The fraction of sp³-hybridized carbons (Fsp3) is 0.727. The largest absolute Gasteiger partial charge is 0.341 e. The van der Waals surface area contributed by atoms with Crippen molar-refractivity contribution < 1.29 is 14.4 Å². The molecule has 0 aliphatic carbocycles. The molecule has 7 nitrogen and oxygen atoms in total. The number of carbonyl (C=O) groups excluding carboxylic acids is 3. The van der Waals surface area contributed by atoms with E-state index in [1.165, 1.54) is 0 Å². The zero-order valence-corrected chi connectivity index (χ0v) is 25.9. The molecule has 1 N–H and O–H groups in total. The summed E-state index contributed by atoms with van der Waals surface area (Å²) in [5.74, 6) is 1.39. The van der Waals surface area contributed by atoms with Crippen molar-refractivity contribution in [3.05, 3.63) is 35.9 Å². The van der Waals surface area contributed by atoms with Gasteiger partial charge in [0.15, 0.2) is 0 Å². The summed E-state index contributed by atoms with van der Waals surface area (Å²) in [5.41, 5.74) is 1.16. The van der Waals surface area contributed by atoms with Gasteiger partial charge in [-0.3, -0.25) is 14.4 Å². The van der Waals surface area contributed by atoms with Gasteiger partial charge in [-0.1, -0.05) is 71.9 Å². The number of rotatable bonds is 13. The monoisotopic (exact) mass is 554 g/mol. The van der Waals surface area contributed by atoms with Crippen molar-refractivity contribution in [1.82, 2.24) is 20.0 Å². The minimum absolute atomic E-state index is 0.0688. The molecule has 0 radical (unpaired) electrons. The number of likely N-dealkylation sites (tertiary alicyclic amines) is 1. The summed E-state index contributed by atoms with van der Waals surface area (Å²) in [4.78, 5) is 46.7. The molecule has 0 saturated carbocycles. The second kappa shape index (κ2) is 15.6. The average molecular weight is 555 g/mol. The van der Waals surface area contributed by atoms with Gasteiger partial charge in [-0.25, -0.2) is 0 Å². The Labute approximate surface area is 243 Å². The number of carbonyl (C=O) groups is 3. The van der Waals surface area contributed by atoms with E-state index in [2.05, 4.69) is 63.9 Å². The Morgan fingerprint density at radius 3 is 2.20 bits per heavy atom. The third-order valence-electron chi connectivity index (χ3n) is 8.68. The van der Waals surface area contributed by atoms with E-state index in [0.29, 0.717) is 50.9 Å². The highest BCUT2D eigenvalue weighted by Gasteiger charge is 2.39. The van der Waals surface area contributed by atoms with E-state index in [1.54, 1.807) is 0 Å². The van der Waals surface area contributed by atoms with Gasteiger partial charge in [-0.05, 0) is 61.8 Å². The van der Waals surface area contributed by atoms with Gasteiger partial charge < -0.3 is 20.0 Å². The van der Waals surface area contributed by atoms with Crippen LogP contribution < -0.4 is 5.32 Å². The number of amides is 3. The minimum Gasteiger partial charge on any atom is -0.341 e. The summed E-state index contributed by atoms with van der Waals surface area (Å²) in [5, 5.41) is 3.37. The number of nitrogens with zero attached hydrogens (tertiary/aromatic N) is 3. The molecular formula is C33H54N4O3. The molecule has 224 valence electrons. The standard InChI is InChI=1S/C33H54N4O3/c1-7-28(8-2)37(23-27-12-10-9-11-13-27)31(38)22-26-14-17-35(18-15-26)33(40)30(21-25(5)6)36-19-16-34-29(32(36)39)20-24(3)4/h9-13,24-26,28-30,34H,7-8,14-23H2,1-6H3/t29-,30-/m0/s1. The molecule has 0 unspecified atom stereocenters. The summed E-state index contributed by atoms with van der Waals surface area (Å²) in [7, 11) is 0. The molecule has 40 heavy (non-hydrogen) atoms. The molecule has 3 rings (SSSR count). The van der Waals surface area contributed by atoms with Crippen LogP contribution in [0.4, 0.5) is 0 Å². The van der Waals surface area contributed by atoms with Gasteiger partial charge in [0.25, 0.3) is 0 Å². The highest BCUT2D eigenvalue weighted by atomic mass is 16.2. The van der Waals surface area contributed by atoms with Crippen molar-refractivity contribution in [2.45, 2.75) is 111 Å². The van der Waals surface area contributed by atoms with Crippen LogP contribution in [0, 0.1) is 17.8 Å². The lowest BCUT2D eigenvalue weighted by Crippen LogP contribution is -2.62. The smallest absolute Gasteiger partial charge is 0.245 e. The lowest BCUT2D eigenvalue weighted by atomic mass is 9.91. The first kappa shape index (κ1) is 32.1. The maximum atomic E-state index is 13.9. The maximum absolute atomic E-state index is 13.9. The van der Waals surface area contributed by atoms with Crippen LogP contribution in [0.1, 0.15) is 92.1 Å². The first-order valence-electron chi connectivity index (χ1n) is 15.8. The molecule has 2 saturated heterocycles. The third kappa shape index (κ3) is 8.79. The maximum Gasteiger partial charge on any atom is 0.245 e. The second-order valence-corrected chi connectivity index (χ2v) is 12.8. The van der Waals surface area contributed by atoms with Gasteiger partial charge in [0, 0.05) is 45.2 Å². The molecule has 7 heteroatoms. The van der Waals surface area contributed by atoms with Crippen molar-refractivity contribution in [3.63, 3.8) is 0 Å². The van der Waals surface area contributed by atoms with Gasteiger partial charge in [-0.15, -0.1) is 0 Å². The predicted molar refractivity (Wildman–Crippen MR) is 161 cm³/mol. The van der Waals surface area contributed by atoms with Crippen molar-refractivity contribution in [2.75, 3.05) is 26.2 Å². The van der Waals surface area contributed by atoms with Crippen LogP contribution >= 0.6 is 0 Å². The van der Waals surface area contributed by atoms with Gasteiger partial charge in [-0.2, -0.15) is 0 Å². The molecule has 3 amide bonds. The number of piperidine rings is 1. The van der Waals surface area contributed by atoms with Crippen molar-refractivity contribution in [3.8, 4) is 0 Å². The SMILES string of the molecule is CCC(CC)N(Cc1ccccc1)C(=O)CC1CCN(C(=O)[C@H](CC(C)C)N2CCN[C@@H](CC(C)C)C2=O)CC1. The van der Waals surface area contributed by atoms with E-state index in [0.717, 1.165) is 44.2 Å². The fourth-order valence-corrected chi connectivity index (χ4v) is 6.39. The Bertz CT molecular complexity index is 938. The summed E-state index contributed by atoms with van der Waals surface area (Å²) >= 11 is 0. The van der Waals surface area contributed by atoms with Crippen molar-refractivity contribution in [1.29, 1.82) is 0 Å². The predicted octanol–water partition coefficient (Wildman–Crippen LogP) is 5.09. The van der Waals surface area contributed by atoms with Crippen molar-refractivity contribution >= 4 is 17.7 Å². The topological polar surface area (TPSA) is 73.0 Å². The summed E-state index contributed by atoms with van der Waals surface area (Å²) in [6.07, 6.45) is 5.56. The van der Waals surface area contributed by atoms with Crippen LogP contribution in [0.5, 0.6) is 0 Å². The number of hydrogen-bond acceptors (Lipinski definition) is 4. The van der Waals surface area contributed by atoms with Gasteiger partial charge in [0.05, 0.1) is 6.04 Å². The first-order chi connectivity index (χ1) is 19.1. The molecule has 2 heterocycles. The summed E-state index contributed by atoms with van der Waals surface area (Å²) < 4.78 is 0. The molecule has 2 fully saturated rings. The van der Waals surface area contributed by atoms with E-state index in [1.807, 2.05) is 28.0 Å². The molecule has 1 aromatic rings. The first-order valence-corrected chi connectivity index (χ1v) is 15.8. The Hall–Kier alpha value is -2.41. The molecule has 0 bridgehead atoms. The van der Waals surface area contributed by atoms with Crippen LogP contribution in [0.2, 0.25) is 0 Å². The highest BCUT2D eigenvalue weighted by Crippen LogP contribution is 2.26. The second-order valence-electron chi connectivity index (χ2n) is 12.8. The van der Waals surface area contributed by atoms with E-state index in [4.69, 9.17) is 0 Å². The normalized spacial score (nSPS) is 19.5. The summed E-state index contributed by atoms with van der Waals surface area (Å²) in [6.45, 7) is 16.1. The number of hydrogen-bond donors (Lipinski definition) is 1. The molecule has 0 aromatic heterocycles. The molecule has 2 atom stereocenters. The Morgan fingerprint density at radius 2 is 1.62 bits per heavy atom. The molecule has 1 aromatic carbocycles. The van der Waals surface area contributed by atoms with Crippen molar-refractivity contribution in [2.24, 2.45) is 17.8 Å². The van der Waals surface area contributed by atoms with E-state index in [9.17, 15) is 14.4 Å². The van der Waals surface area contributed by atoms with E-state index >= 15 is 0 Å². The quantitative estimate of drug-likeness (QED) is 0.369. The molecular weight excluding hydrogens is 500 g/mol. The Kier molecular flexibility index (Phi) is 12.5. The van der Waals surface area contributed by atoms with Crippen LogP contribution in [0.15, 0.2) is 30.3 Å². The summed E-state index contributed by atoms with van der Waals surface area (Å²) in [6, 6.07) is 9.88. The van der Waals surface area contributed by atoms with Crippen LogP contribution in [-0.2, 0) is 20.9 Å². The zero-order valence-electron chi connectivity index (χ0n) is 25.9. The Morgan fingerprint density at radius 1 is 0.975 bits per heavy atom. The highest BCUT2D eigenvalue weighted by molar-refractivity contribution is 5.90. The number of piperazine rings is 1. The number of benzene rings is 1. The number of nitrogens with one attached hydrogen (secondary N) is 1. The lowest BCUT2D eigenvalue weighted by molar-refractivity contribution is -0.150. The van der Waals surface area contributed by atoms with Crippen LogP contribution in [0.25, 0.3) is 0 Å². The molecule has 2 aliphatic rings. The van der Waals surface area contributed by atoms with E-state index in [-0.39, 0.29) is 35.7 Å². The van der Waals surface area contributed by atoms with Gasteiger partial charge in [0.1, 0.15) is 6.04 Å².